The number of nitro benzene ring substituents is 1. The number of anilines is 1. The second-order valence-electron chi connectivity index (χ2n) is 5.06. The summed E-state index contributed by atoms with van der Waals surface area (Å²) in [6.07, 6.45) is 1.07. The van der Waals surface area contributed by atoms with Crippen LogP contribution in [0.2, 0.25) is 0 Å². The van der Waals surface area contributed by atoms with Gasteiger partial charge in [-0.25, -0.2) is 0 Å². The third kappa shape index (κ3) is 3.28. The summed E-state index contributed by atoms with van der Waals surface area (Å²) in [4.78, 5) is 12.4. The van der Waals surface area contributed by atoms with Crippen LogP contribution < -0.4 is 4.90 Å². The van der Waals surface area contributed by atoms with E-state index in [0.29, 0.717) is 42.8 Å². The van der Waals surface area contributed by atoms with Gasteiger partial charge in [0.2, 0.25) is 0 Å². The monoisotopic (exact) mass is 344 g/mol. The van der Waals surface area contributed by atoms with E-state index < -0.39 is 10.5 Å². The molecule has 1 aromatic carbocycles. The van der Waals surface area contributed by atoms with Gasteiger partial charge in [0.25, 0.3) is 5.69 Å². The number of halogens is 1. The van der Waals surface area contributed by atoms with E-state index in [-0.39, 0.29) is 5.69 Å². The molecule has 1 aliphatic rings. The Morgan fingerprint density at radius 1 is 1.50 bits per heavy atom. The van der Waals surface area contributed by atoms with Crippen LogP contribution in [-0.4, -0.2) is 42.4 Å². The third-order valence-electron chi connectivity index (χ3n) is 3.50. The number of benzene rings is 1. The predicted octanol–water partition coefficient (Wildman–Crippen LogP) is 2.33. The molecule has 0 aliphatic carbocycles. The summed E-state index contributed by atoms with van der Waals surface area (Å²) in [6.45, 7) is 1.37. The van der Waals surface area contributed by atoms with Crippen molar-refractivity contribution in [2.45, 2.75) is 18.4 Å². The number of ether oxygens (including phenoxy) is 1. The van der Waals surface area contributed by atoms with Gasteiger partial charge >= 0.3 is 0 Å². The first-order valence-corrected chi connectivity index (χ1v) is 7.16. The molecule has 0 amide bonds. The van der Waals surface area contributed by atoms with Crippen molar-refractivity contribution >= 4 is 27.3 Å². The van der Waals surface area contributed by atoms with E-state index in [1.54, 1.807) is 24.1 Å². The van der Waals surface area contributed by atoms with E-state index in [2.05, 4.69) is 15.9 Å². The van der Waals surface area contributed by atoms with Crippen molar-refractivity contribution in [1.29, 1.82) is 0 Å². The Labute approximate surface area is 125 Å². The smallest absolute Gasteiger partial charge is 0.293 e. The SMILES string of the molecule is CN(CC1(O)CCOCC1)c1c(Br)cccc1[N+](=O)[O-]. The van der Waals surface area contributed by atoms with Crippen molar-refractivity contribution in [3.05, 3.63) is 32.8 Å². The minimum absolute atomic E-state index is 0.0255. The Balaban J connectivity index is 2.24. The van der Waals surface area contributed by atoms with Crippen molar-refractivity contribution in [3.63, 3.8) is 0 Å². The topological polar surface area (TPSA) is 75.8 Å². The summed E-state index contributed by atoms with van der Waals surface area (Å²) >= 11 is 3.35. The van der Waals surface area contributed by atoms with Crippen LogP contribution in [0.5, 0.6) is 0 Å². The molecule has 0 atom stereocenters. The molecule has 2 rings (SSSR count). The summed E-state index contributed by atoms with van der Waals surface area (Å²) in [5, 5.41) is 21.6. The van der Waals surface area contributed by atoms with Gasteiger partial charge in [-0.15, -0.1) is 0 Å². The van der Waals surface area contributed by atoms with E-state index in [9.17, 15) is 15.2 Å². The first-order valence-electron chi connectivity index (χ1n) is 6.37. The van der Waals surface area contributed by atoms with Crippen LogP contribution in [0.15, 0.2) is 22.7 Å². The fraction of sp³-hybridized carbons (Fsp3) is 0.538. The summed E-state index contributed by atoms with van der Waals surface area (Å²) in [7, 11) is 1.75. The van der Waals surface area contributed by atoms with E-state index in [4.69, 9.17) is 4.74 Å². The average Bonchev–Trinajstić information content (AvgIpc) is 2.38. The van der Waals surface area contributed by atoms with Crippen molar-refractivity contribution < 1.29 is 14.8 Å². The fourth-order valence-electron chi connectivity index (χ4n) is 2.46. The van der Waals surface area contributed by atoms with Gasteiger partial charge in [0.05, 0.1) is 10.5 Å². The largest absolute Gasteiger partial charge is 0.388 e. The molecule has 6 nitrogen and oxygen atoms in total. The van der Waals surface area contributed by atoms with Crippen LogP contribution in [0.4, 0.5) is 11.4 Å². The highest BCUT2D eigenvalue weighted by atomic mass is 79.9. The second-order valence-corrected chi connectivity index (χ2v) is 5.91. The average molecular weight is 345 g/mol. The summed E-state index contributed by atoms with van der Waals surface area (Å²) in [5.74, 6) is 0. The van der Waals surface area contributed by atoms with E-state index >= 15 is 0 Å². The second kappa shape index (κ2) is 6.07. The van der Waals surface area contributed by atoms with Gasteiger partial charge in [-0.2, -0.15) is 0 Å². The van der Waals surface area contributed by atoms with Crippen molar-refractivity contribution in [2.24, 2.45) is 0 Å². The van der Waals surface area contributed by atoms with Crippen LogP contribution in [0.25, 0.3) is 0 Å². The minimum atomic E-state index is -0.865. The third-order valence-corrected chi connectivity index (χ3v) is 4.14. The summed E-state index contributed by atoms with van der Waals surface area (Å²) < 4.78 is 5.89. The molecule has 1 N–H and O–H groups in total. The first-order chi connectivity index (χ1) is 9.43. The molecule has 0 unspecified atom stereocenters. The molecule has 1 heterocycles. The lowest BCUT2D eigenvalue weighted by Gasteiger charge is -2.36. The molecule has 1 saturated heterocycles. The maximum absolute atomic E-state index is 11.1. The Morgan fingerprint density at radius 3 is 2.75 bits per heavy atom. The number of hydrogen-bond acceptors (Lipinski definition) is 5. The fourth-order valence-corrected chi connectivity index (χ4v) is 3.12. The Bertz CT molecular complexity index is 503. The molecule has 20 heavy (non-hydrogen) atoms. The molecule has 110 valence electrons. The maximum Gasteiger partial charge on any atom is 0.293 e. The van der Waals surface area contributed by atoms with Crippen molar-refractivity contribution in [3.8, 4) is 0 Å². The van der Waals surface area contributed by atoms with E-state index in [1.165, 1.54) is 6.07 Å². The van der Waals surface area contributed by atoms with E-state index in [0.717, 1.165) is 0 Å². The number of likely N-dealkylation sites (N-methyl/N-ethyl adjacent to an activating group) is 1. The number of aliphatic hydroxyl groups is 1. The van der Waals surface area contributed by atoms with Crippen molar-refractivity contribution in [1.82, 2.24) is 0 Å². The lowest BCUT2D eigenvalue weighted by molar-refractivity contribution is -0.384. The van der Waals surface area contributed by atoms with E-state index in [1.807, 2.05) is 0 Å². The molecule has 1 aromatic rings. The highest BCUT2D eigenvalue weighted by molar-refractivity contribution is 9.10. The molecular formula is C13H17BrN2O4. The van der Waals surface area contributed by atoms with Crippen LogP contribution >= 0.6 is 15.9 Å². The molecule has 0 saturated carbocycles. The molecule has 0 spiro atoms. The number of nitrogens with zero attached hydrogens (tertiary/aromatic N) is 2. The number of hydrogen-bond donors (Lipinski definition) is 1. The molecule has 0 aromatic heterocycles. The predicted molar refractivity (Wildman–Crippen MR) is 79.1 cm³/mol. The zero-order valence-electron chi connectivity index (χ0n) is 11.2. The molecule has 1 aliphatic heterocycles. The van der Waals surface area contributed by atoms with Gasteiger partial charge in [-0.05, 0) is 22.0 Å². The molecule has 0 radical (unpaired) electrons. The Hall–Kier alpha value is -1.18. The number of nitro groups is 1. The van der Waals surface area contributed by atoms with Crippen LogP contribution in [0, 0.1) is 10.1 Å². The van der Waals surface area contributed by atoms with Gasteiger partial charge < -0.3 is 14.7 Å². The highest BCUT2D eigenvalue weighted by Crippen LogP contribution is 2.36. The summed E-state index contributed by atoms with van der Waals surface area (Å²) in [6, 6.07) is 4.85. The van der Waals surface area contributed by atoms with Gasteiger partial charge in [0, 0.05) is 50.2 Å². The standard InChI is InChI=1S/C13H17BrN2O4/c1-15(9-13(17)5-7-20-8-6-13)12-10(14)3-2-4-11(12)16(18)19/h2-4,17H,5-9H2,1H3. The minimum Gasteiger partial charge on any atom is -0.388 e. The number of rotatable bonds is 4. The van der Waals surface area contributed by atoms with Gasteiger partial charge in [0.15, 0.2) is 0 Å². The van der Waals surface area contributed by atoms with Gasteiger partial charge in [-0.1, -0.05) is 6.07 Å². The first kappa shape index (κ1) is 15.2. The Kier molecular flexibility index (Phi) is 4.62. The normalized spacial score (nSPS) is 17.8. The van der Waals surface area contributed by atoms with Gasteiger partial charge in [-0.3, -0.25) is 10.1 Å². The Morgan fingerprint density at radius 2 is 2.15 bits per heavy atom. The van der Waals surface area contributed by atoms with Crippen LogP contribution in [-0.2, 0) is 4.74 Å². The number of para-hydroxylation sites is 1. The lowest BCUT2D eigenvalue weighted by Crippen LogP contribution is -2.46. The molecule has 0 bridgehead atoms. The molecule has 1 fully saturated rings. The zero-order valence-corrected chi connectivity index (χ0v) is 12.8. The summed E-state index contributed by atoms with van der Waals surface area (Å²) in [5.41, 5.74) is -0.356. The van der Waals surface area contributed by atoms with Gasteiger partial charge in [0.1, 0.15) is 5.69 Å². The van der Waals surface area contributed by atoms with Crippen LogP contribution in [0.1, 0.15) is 12.8 Å². The zero-order chi connectivity index (χ0) is 14.8. The molecule has 7 heteroatoms. The van der Waals surface area contributed by atoms with Crippen LogP contribution in [0.3, 0.4) is 0 Å². The lowest BCUT2D eigenvalue weighted by atomic mass is 9.93. The highest BCUT2D eigenvalue weighted by Gasteiger charge is 2.33. The quantitative estimate of drug-likeness (QED) is 0.670. The maximum atomic E-state index is 11.1. The molecular weight excluding hydrogens is 328 g/mol. The van der Waals surface area contributed by atoms with Crippen molar-refractivity contribution in [2.75, 3.05) is 31.7 Å².